The smallest absolute Gasteiger partial charge is 0.0719 e. The van der Waals surface area contributed by atoms with Gasteiger partial charge in [0.25, 0.3) is 0 Å². The van der Waals surface area contributed by atoms with Crippen molar-refractivity contribution in [3.05, 3.63) is 28.2 Å². The van der Waals surface area contributed by atoms with Crippen LogP contribution in [0.25, 0.3) is 0 Å². The number of benzene rings is 1. The van der Waals surface area contributed by atoms with E-state index in [1.54, 1.807) is 0 Å². The molecule has 1 atom stereocenters. The Balaban J connectivity index is 1.93. The van der Waals surface area contributed by atoms with Crippen LogP contribution in [-0.4, -0.2) is 19.8 Å². The van der Waals surface area contributed by atoms with Crippen LogP contribution in [0.5, 0.6) is 0 Å². The molecule has 1 aliphatic heterocycles. The molecule has 1 aromatic rings. The van der Waals surface area contributed by atoms with Crippen LogP contribution in [0.3, 0.4) is 0 Å². The van der Waals surface area contributed by atoms with E-state index in [0.717, 1.165) is 31.9 Å². The standard InChI is InChI=1S/C12H15Cl2NO/c13-10-4-1-5-11(14)12(10)15-7-9-3-2-6-16-8-9/h1,4-5,9,15H,2-3,6-8H2. The van der Waals surface area contributed by atoms with E-state index in [0.29, 0.717) is 16.0 Å². The van der Waals surface area contributed by atoms with Crippen molar-refractivity contribution in [2.45, 2.75) is 12.8 Å². The zero-order valence-corrected chi connectivity index (χ0v) is 10.5. The lowest BCUT2D eigenvalue weighted by Crippen LogP contribution is -2.24. The van der Waals surface area contributed by atoms with Gasteiger partial charge in [-0.25, -0.2) is 0 Å². The van der Waals surface area contributed by atoms with Crippen LogP contribution in [0.4, 0.5) is 5.69 Å². The lowest BCUT2D eigenvalue weighted by molar-refractivity contribution is 0.0595. The maximum atomic E-state index is 6.07. The van der Waals surface area contributed by atoms with Gasteiger partial charge in [-0.3, -0.25) is 0 Å². The molecule has 0 amide bonds. The monoisotopic (exact) mass is 259 g/mol. The van der Waals surface area contributed by atoms with Crippen molar-refractivity contribution < 1.29 is 4.74 Å². The Morgan fingerprint density at radius 2 is 2.06 bits per heavy atom. The molecule has 4 heteroatoms. The number of halogens is 2. The minimum Gasteiger partial charge on any atom is -0.382 e. The van der Waals surface area contributed by atoms with Gasteiger partial charge >= 0.3 is 0 Å². The molecule has 88 valence electrons. The molecule has 2 nitrogen and oxygen atoms in total. The molecular weight excluding hydrogens is 245 g/mol. The average Bonchev–Trinajstić information content (AvgIpc) is 2.30. The zero-order chi connectivity index (χ0) is 11.4. The first-order chi connectivity index (χ1) is 7.77. The van der Waals surface area contributed by atoms with E-state index in [1.165, 1.54) is 6.42 Å². The molecule has 0 aliphatic carbocycles. The number of hydrogen-bond acceptors (Lipinski definition) is 2. The summed E-state index contributed by atoms with van der Waals surface area (Å²) >= 11 is 12.1. The van der Waals surface area contributed by atoms with E-state index in [4.69, 9.17) is 27.9 Å². The van der Waals surface area contributed by atoms with E-state index in [2.05, 4.69) is 5.32 Å². The van der Waals surface area contributed by atoms with Gasteiger partial charge in [-0.1, -0.05) is 29.3 Å². The number of nitrogens with one attached hydrogen (secondary N) is 1. The fourth-order valence-electron chi connectivity index (χ4n) is 1.88. The number of ether oxygens (including phenoxy) is 1. The highest BCUT2D eigenvalue weighted by atomic mass is 35.5. The second kappa shape index (κ2) is 5.76. The maximum absolute atomic E-state index is 6.07. The summed E-state index contributed by atoms with van der Waals surface area (Å²) in [5, 5.41) is 4.65. The summed E-state index contributed by atoms with van der Waals surface area (Å²) in [6, 6.07) is 5.53. The molecule has 0 radical (unpaired) electrons. The van der Waals surface area contributed by atoms with Crippen LogP contribution in [-0.2, 0) is 4.74 Å². The van der Waals surface area contributed by atoms with Crippen molar-refractivity contribution in [2.75, 3.05) is 25.1 Å². The fraction of sp³-hybridized carbons (Fsp3) is 0.500. The Morgan fingerprint density at radius 1 is 1.31 bits per heavy atom. The highest BCUT2D eigenvalue weighted by Crippen LogP contribution is 2.30. The van der Waals surface area contributed by atoms with Gasteiger partial charge in [0.1, 0.15) is 0 Å². The second-order valence-electron chi connectivity index (χ2n) is 4.06. The van der Waals surface area contributed by atoms with E-state index >= 15 is 0 Å². The van der Waals surface area contributed by atoms with Gasteiger partial charge in [0.2, 0.25) is 0 Å². The predicted octanol–water partition coefficient (Wildman–Crippen LogP) is 3.83. The molecule has 2 rings (SSSR count). The molecule has 0 spiro atoms. The van der Waals surface area contributed by atoms with Crippen LogP contribution in [0.1, 0.15) is 12.8 Å². The van der Waals surface area contributed by atoms with Gasteiger partial charge in [0, 0.05) is 13.2 Å². The maximum Gasteiger partial charge on any atom is 0.0719 e. The molecular formula is C12H15Cl2NO. The van der Waals surface area contributed by atoms with Crippen LogP contribution >= 0.6 is 23.2 Å². The Kier molecular flexibility index (Phi) is 4.33. The molecule has 1 fully saturated rings. The summed E-state index contributed by atoms with van der Waals surface area (Å²) in [4.78, 5) is 0. The number of hydrogen-bond donors (Lipinski definition) is 1. The van der Waals surface area contributed by atoms with Gasteiger partial charge in [-0.2, -0.15) is 0 Å². The first-order valence-corrected chi connectivity index (χ1v) is 6.28. The quantitative estimate of drug-likeness (QED) is 0.891. The zero-order valence-electron chi connectivity index (χ0n) is 9.01. The largest absolute Gasteiger partial charge is 0.382 e. The van der Waals surface area contributed by atoms with Crippen molar-refractivity contribution in [2.24, 2.45) is 5.92 Å². The van der Waals surface area contributed by atoms with Crippen LogP contribution in [0.15, 0.2) is 18.2 Å². The molecule has 16 heavy (non-hydrogen) atoms. The van der Waals surface area contributed by atoms with E-state index in [9.17, 15) is 0 Å². The van der Waals surface area contributed by atoms with Gasteiger partial charge in [0.15, 0.2) is 0 Å². The van der Waals surface area contributed by atoms with Gasteiger partial charge in [-0.05, 0) is 30.9 Å². The first-order valence-electron chi connectivity index (χ1n) is 5.53. The van der Waals surface area contributed by atoms with Crippen LogP contribution in [0, 0.1) is 5.92 Å². The van der Waals surface area contributed by atoms with Crippen molar-refractivity contribution in [3.63, 3.8) is 0 Å². The molecule has 1 N–H and O–H groups in total. The number of anilines is 1. The Morgan fingerprint density at radius 3 is 2.69 bits per heavy atom. The first kappa shape index (κ1) is 12.0. The minimum absolute atomic E-state index is 0.557. The Labute approximate surface area is 106 Å². The highest BCUT2D eigenvalue weighted by molar-refractivity contribution is 6.39. The lowest BCUT2D eigenvalue weighted by atomic mass is 10.0. The molecule has 0 aromatic heterocycles. The Hall–Kier alpha value is -0.440. The van der Waals surface area contributed by atoms with Crippen LogP contribution in [0.2, 0.25) is 10.0 Å². The molecule has 0 saturated carbocycles. The molecule has 1 heterocycles. The average molecular weight is 260 g/mol. The normalized spacial score (nSPS) is 20.8. The van der Waals surface area contributed by atoms with Gasteiger partial charge in [0.05, 0.1) is 22.3 Å². The van der Waals surface area contributed by atoms with Crippen LogP contribution < -0.4 is 5.32 Å². The van der Waals surface area contributed by atoms with E-state index < -0.39 is 0 Å². The third kappa shape index (κ3) is 3.03. The number of rotatable bonds is 3. The third-order valence-corrected chi connectivity index (χ3v) is 3.41. The third-order valence-electron chi connectivity index (χ3n) is 2.78. The highest BCUT2D eigenvalue weighted by Gasteiger charge is 2.14. The predicted molar refractivity (Wildman–Crippen MR) is 68.5 cm³/mol. The molecule has 1 saturated heterocycles. The van der Waals surface area contributed by atoms with E-state index in [-0.39, 0.29) is 0 Å². The van der Waals surface area contributed by atoms with Crippen molar-refractivity contribution in [1.29, 1.82) is 0 Å². The summed E-state index contributed by atoms with van der Waals surface area (Å²) in [5.74, 6) is 0.557. The fourth-order valence-corrected chi connectivity index (χ4v) is 2.41. The topological polar surface area (TPSA) is 21.3 Å². The summed E-state index contributed by atoms with van der Waals surface area (Å²) in [6.07, 6.45) is 2.34. The SMILES string of the molecule is Clc1cccc(Cl)c1NCC1CCCOC1. The number of para-hydroxylation sites is 1. The van der Waals surface area contributed by atoms with Gasteiger partial charge < -0.3 is 10.1 Å². The second-order valence-corrected chi connectivity index (χ2v) is 4.88. The molecule has 1 unspecified atom stereocenters. The minimum atomic E-state index is 0.557. The van der Waals surface area contributed by atoms with Gasteiger partial charge in [-0.15, -0.1) is 0 Å². The summed E-state index contributed by atoms with van der Waals surface area (Å²) in [5.41, 5.74) is 0.830. The Bertz CT molecular complexity index is 331. The van der Waals surface area contributed by atoms with E-state index in [1.807, 2.05) is 18.2 Å². The summed E-state index contributed by atoms with van der Waals surface area (Å²) in [7, 11) is 0. The molecule has 0 bridgehead atoms. The summed E-state index contributed by atoms with van der Waals surface area (Å²) < 4.78 is 5.43. The molecule has 1 aromatic carbocycles. The lowest BCUT2D eigenvalue weighted by Gasteiger charge is -2.23. The van der Waals surface area contributed by atoms with Crippen molar-refractivity contribution in [1.82, 2.24) is 0 Å². The van der Waals surface area contributed by atoms with Crippen molar-refractivity contribution >= 4 is 28.9 Å². The summed E-state index contributed by atoms with van der Waals surface area (Å²) in [6.45, 7) is 2.59. The molecule has 1 aliphatic rings. The van der Waals surface area contributed by atoms with Crippen molar-refractivity contribution in [3.8, 4) is 0 Å².